The predicted molar refractivity (Wildman–Crippen MR) is 81.6 cm³/mol. The van der Waals surface area contributed by atoms with Crippen molar-refractivity contribution < 1.29 is 9.84 Å². The highest BCUT2D eigenvalue weighted by Crippen LogP contribution is 2.19. The number of benzene rings is 2. The van der Waals surface area contributed by atoms with Gasteiger partial charge < -0.3 is 9.84 Å². The van der Waals surface area contributed by atoms with Crippen molar-refractivity contribution >= 4 is 0 Å². The number of aryl methyl sites for hydroxylation is 2. The second kappa shape index (κ2) is 7.22. The average Bonchev–Trinajstić information content (AvgIpc) is 2.43. The maximum absolute atomic E-state index is 10.2. The van der Waals surface area contributed by atoms with E-state index in [0.29, 0.717) is 19.6 Å². The summed E-state index contributed by atoms with van der Waals surface area (Å²) < 4.78 is 5.61. The molecule has 0 aromatic heterocycles. The molecule has 0 radical (unpaired) electrons. The molecule has 20 heavy (non-hydrogen) atoms. The van der Waals surface area contributed by atoms with Gasteiger partial charge in [0.05, 0.1) is 12.7 Å². The molecule has 2 rings (SSSR count). The van der Waals surface area contributed by atoms with Crippen molar-refractivity contribution in [3.63, 3.8) is 0 Å². The van der Waals surface area contributed by atoms with Gasteiger partial charge in [-0.05, 0) is 25.0 Å². The van der Waals surface area contributed by atoms with Gasteiger partial charge in [-0.3, -0.25) is 0 Å². The minimum atomic E-state index is -0.454. The Morgan fingerprint density at radius 2 is 1.65 bits per heavy atom. The van der Waals surface area contributed by atoms with Crippen molar-refractivity contribution in [1.82, 2.24) is 0 Å². The summed E-state index contributed by atoms with van der Waals surface area (Å²) in [5.41, 5.74) is 4.51. The van der Waals surface area contributed by atoms with Gasteiger partial charge in [0.15, 0.2) is 0 Å². The Balaban J connectivity index is 1.79. The van der Waals surface area contributed by atoms with E-state index in [1.807, 2.05) is 42.5 Å². The zero-order chi connectivity index (χ0) is 14.4. The Bertz CT molecular complexity index is 514. The summed E-state index contributed by atoms with van der Waals surface area (Å²) >= 11 is 0. The van der Waals surface area contributed by atoms with E-state index in [1.165, 1.54) is 11.1 Å². The molecule has 0 heterocycles. The molecule has 106 valence electrons. The first-order chi connectivity index (χ1) is 9.65. The van der Waals surface area contributed by atoms with E-state index in [2.05, 4.69) is 19.9 Å². The van der Waals surface area contributed by atoms with Crippen LogP contribution in [0.15, 0.2) is 48.5 Å². The van der Waals surface area contributed by atoms with Crippen LogP contribution < -0.4 is 0 Å². The first-order valence-corrected chi connectivity index (χ1v) is 7.03. The minimum absolute atomic E-state index is 0.454. The quantitative estimate of drug-likeness (QED) is 0.805. The molecule has 0 aliphatic carbocycles. The van der Waals surface area contributed by atoms with Gasteiger partial charge in [0, 0.05) is 13.0 Å². The van der Waals surface area contributed by atoms with E-state index >= 15 is 0 Å². The molecule has 1 atom stereocenters. The molecular formula is C18H22O2. The Morgan fingerprint density at radius 3 is 2.30 bits per heavy atom. The summed E-state index contributed by atoms with van der Waals surface area (Å²) in [5, 5.41) is 10.2. The largest absolute Gasteiger partial charge is 0.388 e. The molecule has 0 amide bonds. The van der Waals surface area contributed by atoms with E-state index in [0.717, 1.165) is 11.1 Å². The fourth-order valence-corrected chi connectivity index (χ4v) is 2.33. The topological polar surface area (TPSA) is 29.5 Å². The third kappa shape index (κ3) is 4.48. The number of aliphatic hydroxyl groups is 1. The standard InChI is InChI=1S/C18H22O2/c1-14-10-15(2)12-17(11-14)18(19)8-9-20-13-16-6-4-3-5-7-16/h3-7,10-12,18-19H,8-9,13H2,1-2H3. The summed E-state index contributed by atoms with van der Waals surface area (Å²) in [6.45, 7) is 5.26. The normalized spacial score (nSPS) is 12.3. The van der Waals surface area contributed by atoms with E-state index in [4.69, 9.17) is 4.74 Å². The third-order valence-corrected chi connectivity index (χ3v) is 3.28. The monoisotopic (exact) mass is 270 g/mol. The predicted octanol–water partition coefficient (Wildman–Crippen LogP) is 3.94. The number of hydrogen-bond donors (Lipinski definition) is 1. The lowest BCUT2D eigenvalue weighted by atomic mass is 10.0. The summed E-state index contributed by atoms with van der Waals surface area (Å²) in [6, 6.07) is 16.3. The van der Waals surface area contributed by atoms with Gasteiger partial charge in [-0.2, -0.15) is 0 Å². The lowest BCUT2D eigenvalue weighted by Crippen LogP contribution is -2.04. The number of rotatable bonds is 6. The zero-order valence-corrected chi connectivity index (χ0v) is 12.2. The number of aliphatic hydroxyl groups excluding tert-OH is 1. The van der Waals surface area contributed by atoms with Crippen molar-refractivity contribution in [2.45, 2.75) is 33.0 Å². The summed E-state index contributed by atoms with van der Waals surface area (Å²) in [6.07, 6.45) is 0.166. The van der Waals surface area contributed by atoms with Crippen LogP contribution in [-0.4, -0.2) is 11.7 Å². The van der Waals surface area contributed by atoms with Crippen LogP contribution in [0.4, 0.5) is 0 Å². The Morgan fingerprint density at radius 1 is 1.00 bits per heavy atom. The summed E-state index contributed by atoms with van der Waals surface area (Å²) in [5.74, 6) is 0. The molecule has 2 aromatic rings. The maximum atomic E-state index is 10.2. The highest BCUT2D eigenvalue weighted by atomic mass is 16.5. The number of ether oxygens (including phenoxy) is 1. The SMILES string of the molecule is Cc1cc(C)cc(C(O)CCOCc2ccccc2)c1. The van der Waals surface area contributed by atoms with Gasteiger partial charge in [-0.25, -0.2) is 0 Å². The molecule has 0 aliphatic rings. The fraction of sp³-hybridized carbons (Fsp3) is 0.333. The molecule has 0 fully saturated rings. The van der Waals surface area contributed by atoms with Crippen molar-refractivity contribution in [3.05, 3.63) is 70.8 Å². The fourth-order valence-electron chi connectivity index (χ4n) is 2.33. The molecule has 1 N–H and O–H groups in total. The van der Waals surface area contributed by atoms with Gasteiger partial charge in [0.2, 0.25) is 0 Å². The van der Waals surface area contributed by atoms with Gasteiger partial charge >= 0.3 is 0 Å². The van der Waals surface area contributed by atoms with Crippen LogP contribution in [0.5, 0.6) is 0 Å². The second-order valence-corrected chi connectivity index (χ2v) is 5.26. The zero-order valence-electron chi connectivity index (χ0n) is 12.2. The summed E-state index contributed by atoms with van der Waals surface area (Å²) in [4.78, 5) is 0. The lowest BCUT2D eigenvalue weighted by Gasteiger charge is -2.13. The van der Waals surface area contributed by atoms with Crippen LogP contribution in [-0.2, 0) is 11.3 Å². The van der Waals surface area contributed by atoms with Crippen LogP contribution in [0.2, 0.25) is 0 Å². The molecule has 0 bridgehead atoms. The highest BCUT2D eigenvalue weighted by Gasteiger charge is 2.08. The van der Waals surface area contributed by atoms with Crippen molar-refractivity contribution in [2.24, 2.45) is 0 Å². The average molecular weight is 270 g/mol. The molecule has 0 aliphatic heterocycles. The van der Waals surface area contributed by atoms with Gasteiger partial charge in [-0.15, -0.1) is 0 Å². The van der Waals surface area contributed by atoms with E-state index in [-0.39, 0.29) is 0 Å². The number of hydrogen-bond acceptors (Lipinski definition) is 2. The Hall–Kier alpha value is -1.64. The van der Waals surface area contributed by atoms with E-state index in [9.17, 15) is 5.11 Å². The first kappa shape index (κ1) is 14.8. The minimum Gasteiger partial charge on any atom is -0.388 e. The Labute approximate surface area is 121 Å². The van der Waals surface area contributed by atoms with Crippen LogP contribution in [0.1, 0.15) is 34.8 Å². The molecule has 0 saturated heterocycles. The molecule has 1 unspecified atom stereocenters. The summed E-state index contributed by atoms with van der Waals surface area (Å²) in [7, 11) is 0. The first-order valence-electron chi connectivity index (χ1n) is 7.03. The molecule has 2 aromatic carbocycles. The van der Waals surface area contributed by atoms with Crippen LogP contribution in [0.3, 0.4) is 0 Å². The van der Waals surface area contributed by atoms with Gasteiger partial charge in [0.1, 0.15) is 0 Å². The molecule has 2 heteroatoms. The van der Waals surface area contributed by atoms with Gasteiger partial charge in [0.25, 0.3) is 0 Å². The van der Waals surface area contributed by atoms with Crippen molar-refractivity contribution in [3.8, 4) is 0 Å². The third-order valence-electron chi connectivity index (χ3n) is 3.28. The smallest absolute Gasteiger partial charge is 0.0812 e. The maximum Gasteiger partial charge on any atom is 0.0812 e. The van der Waals surface area contributed by atoms with E-state index < -0.39 is 6.10 Å². The van der Waals surface area contributed by atoms with Crippen LogP contribution >= 0.6 is 0 Å². The molecule has 0 saturated carbocycles. The molecule has 2 nitrogen and oxygen atoms in total. The highest BCUT2D eigenvalue weighted by molar-refractivity contribution is 5.29. The lowest BCUT2D eigenvalue weighted by molar-refractivity contribution is 0.0733. The Kier molecular flexibility index (Phi) is 5.33. The van der Waals surface area contributed by atoms with E-state index in [1.54, 1.807) is 0 Å². The molecular weight excluding hydrogens is 248 g/mol. The van der Waals surface area contributed by atoms with Crippen molar-refractivity contribution in [2.75, 3.05) is 6.61 Å². The van der Waals surface area contributed by atoms with Crippen LogP contribution in [0.25, 0.3) is 0 Å². The van der Waals surface area contributed by atoms with Crippen LogP contribution in [0, 0.1) is 13.8 Å². The molecule has 0 spiro atoms. The van der Waals surface area contributed by atoms with Gasteiger partial charge in [-0.1, -0.05) is 59.7 Å². The second-order valence-electron chi connectivity index (χ2n) is 5.26. The van der Waals surface area contributed by atoms with Crippen molar-refractivity contribution in [1.29, 1.82) is 0 Å².